The maximum Gasteiger partial charge on any atom is 0.350 e. The van der Waals surface area contributed by atoms with Crippen LogP contribution in [-0.4, -0.2) is 36.8 Å². The molecule has 2 heterocycles. The van der Waals surface area contributed by atoms with Gasteiger partial charge < -0.3 is 14.5 Å². The van der Waals surface area contributed by atoms with E-state index < -0.39 is 26.1 Å². The lowest BCUT2D eigenvalue weighted by molar-refractivity contribution is 0.0876. The molecule has 0 amide bonds. The van der Waals surface area contributed by atoms with Crippen molar-refractivity contribution in [3.05, 3.63) is 29.6 Å². The van der Waals surface area contributed by atoms with Crippen molar-refractivity contribution in [3.8, 4) is 0 Å². The van der Waals surface area contributed by atoms with Gasteiger partial charge in [-0.25, -0.2) is 9.50 Å². The Labute approximate surface area is 114 Å². The molecule has 0 saturated heterocycles. The van der Waals surface area contributed by atoms with Gasteiger partial charge in [-0.2, -0.15) is 4.39 Å². The van der Waals surface area contributed by atoms with Gasteiger partial charge in [-0.1, -0.05) is 0 Å². The first kappa shape index (κ1) is 15.1. The molecule has 0 aliphatic rings. The highest BCUT2D eigenvalue weighted by molar-refractivity contribution is 7.51. The number of halogens is 1. The lowest BCUT2D eigenvalue weighted by Crippen LogP contribution is -2.15. The Balaban J connectivity index is 2.16. The fourth-order valence-corrected chi connectivity index (χ4v) is 2.34. The number of ether oxygens (including phenoxy) is 1. The first-order valence-electron chi connectivity index (χ1n) is 5.93. The molecule has 110 valence electrons. The maximum atomic E-state index is 13.2. The molecule has 1 unspecified atom stereocenters. The summed E-state index contributed by atoms with van der Waals surface area (Å²) >= 11 is 0. The van der Waals surface area contributed by atoms with Gasteiger partial charge in [-0.05, 0) is 26.0 Å². The molecule has 2 aromatic heterocycles. The first-order valence-corrected chi connectivity index (χ1v) is 7.73. The SMILES string of the molecule is Cc1nc(F)nn2c(CC(C)OCP(=O)(O)O)ccc12. The highest BCUT2D eigenvalue weighted by Crippen LogP contribution is 2.34. The van der Waals surface area contributed by atoms with Crippen LogP contribution in [0, 0.1) is 13.0 Å². The predicted octanol–water partition coefficient (Wildman–Crippen LogP) is 1.26. The van der Waals surface area contributed by atoms with Gasteiger partial charge in [-0.15, -0.1) is 5.10 Å². The molecule has 0 aromatic carbocycles. The molecule has 0 aliphatic carbocycles. The van der Waals surface area contributed by atoms with Gasteiger partial charge in [0, 0.05) is 12.1 Å². The minimum atomic E-state index is -4.19. The second kappa shape index (κ2) is 5.57. The van der Waals surface area contributed by atoms with Gasteiger partial charge >= 0.3 is 13.7 Å². The molecule has 0 radical (unpaired) electrons. The highest BCUT2D eigenvalue weighted by atomic mass is 31.2. The number of hydrogen-bond acceptors (Lipinski definition) is 4. The van der Waals surface area contributed by atoms with Gasteiger partial charge in [0.25, 0.3) is 0 Å². The molecule has 0 aliphatic heterocycles. The lowest BCUT2D eigenvalue weighted by atomic mass is 10.2. The van der Waals surface area contributed by atoms with Crippen molar-refractivity contribution >= 4 is 13.1 Å². The van der Waals surface area contributed by atoms with E-state index in [-0.39, 0.29) is 0 Å². The molecule has 7 nitrogen and oxygen atoms in total. The highest BCUT2D eigenvalue weighted by Gasteiger charge is 2.17. The smallest absolute Gasteiger partial charge is 0.350 e. The average molecular weight is 303 g/mol. The van der Waals surface area contributed by atoms with Crippen LogP contribution < -0.4 is 0 Å². The van der Waals surface area contributed by atoms with Crippen molar-refractivity contribution in [2.75, 3.05) is 6.35 Å². The Kier molecular flexibility index (Phi) is 4.19. The van der Waals surface area contributed by atoms with Crippen LogP contribution in [0.2, 0.25) is 0 Å². The van der Waals surface area contributed by atoms with E-state index in [9.17, 15) is 8.96 Å². The van der Waals surface area contributed by atoms with Crippen LogP contribution in [0.25, 0.3) is 5.52 Å². The second-order valence-corrected chi connectivity index (χ2v) is 6.15. The number of nitrogens with zero attached hydrogens (tertiary/aromatic N) is 3. The molecule has 0 fully saturated rings. The normalized spacial score (nSPS) is 13.8. The van der Waals surface area contributed by atoms with Crippen LogP contribution >= 0.6 is 7.60 Å². The molecule has 2 N–H and O–H groups in total. The lowest BCUT2D eigenvalue weighted by Gasteiger charge is -2.13. The van der Waals surface area contributed by atoms with E-state index >= 15 is 0 Å². The Hall–Kier alpha value is -1.34. The van der Waals surface area contributed by atoms with Crippen molar-refractivity contribution < 1.29 is 23.5 Å². The molecule has 2 aromatic rings. The van der Waals surface area contributed by atoms with Crippen LogP contribution in [-0.2, 0) is 15.7 Å². The van der Waals surface area contributed by atoms with Crippen LogP contribution in [0.5, 0.6) is 0 Å². The molecule has 0 bridgehead atoms. The summed E-state index contributed by atoms with van der Waals surface area (Å²) in [5.41, 5.74) is 1.89. The predicted molar refractivity (Wildman–Crippen MR) is 68.8 cm³/mol. The van der Waals surface area contributed by atoms with Crippen LogP contribution in [0.3, 0.4) is 0 Å². The molecule has 0 saturated carbocycles. The molecule has 20 heavy (non-hydrogen) atoms. The van der Waals surface area contributed by atoms with E-state index in [1.54, 1.807) is 26.0 Å². The summed E-state index contributed by atoms with van der Waals surface area (Å²) in [5, 5.41) is 3.69. The van der Waals surface area contributed by atoms with Crippen molar-refractivity contribution in [2.24, 2.45) is 0 Å². The zero-order chi connectivity index (χ0) is 14.9. The largest absolute Gasteiger partial charge is 0.365 e. The van der Waals surface area contributed by atoms with Crippen molar-refractivity contribution in [1.82, 2.24) is 14.6 Å². The van der Waals surface area contributed by atoms with Gasteiger partial charge in [-0.3, -0.25) is 4.57 Å². The molecular formula is C11H15FN3O4P. The van der Waals surface area contributed by atoms with Crippen molar-refractivity contribution in [1.29, 1.82) is 0 Å². The second-order valence-electron chi connectivity index (χ2n) is 4.56. The summed E-state index contributed by atoms with van der Waals surface area (Å²) in [4.78, 5) is 21.1. The Morgan fingerprint density at radius 3 is 2.85 bits per heavy atom. The van der Waals surface area contributed by atoms with Gasteiger partial charge in [0.1, 0.15) is 6.35 Å². The zero-order valence-electron chi connectivity index (χ0n) is 11.0. The number of aryl methyl sites for hydroxylation is 1. The average Bonchev–Trinajstić information content (AvgIpc) is 2.69. The maximum absolute atomic E-state index is 13.2. The molecule has 2 rings (SSSR count). The zero-order valence-corrected chi connectivity index (χ0v) is 11.9. The fraction of sp³-hybridized carbons (Fsp3) is 0.455. The summed E-state index contributed by atoms with van der Waals surface area (Å²) < 4.78 is 30.5. The molecule has 1 atom stereocenters. The van der Waals surface area contributed by atoms with Crippen LogP contribution in [0.4, 0.5) is 4.39 Å². The Morgan fingerprint density at radius 1 is 1.50 bits per heavy atom. The number of hydrogen-bond donors (Lipinski definition) is 2. The van der Waals surface area contributed by atoms with Crippen LogP contribution in [0.1, 0.15) is 18.3 Å². The molecular weight excluding hydrogens is 288 g/mol. The van der Waals surface area contributed by atoms with E-state index in [4.69, 9.17) is 14.5 Å². The van der Waals surface area contributed by atoms with Crippen molar-refractivity contribution in [3.63, 3.8) is 0 Å². The first-order chi connectivity index (χ1) is 9.26. The molecule has 0 spiro atoms. The summed E-state index contributed by atoms with van der Waals surface area (Å²) in [6.45, 7) is 3.36. The molecule has 9 heteroatoms. The van der Waals surface area contributed by atoms with Crippen molar-refractivity contribution in [2.45, 2.75) is 26.4 Å². The summed E-state index contributed by atoms with van der Waals surface area (Å²) in [7, 11) is -4.19. The quantitative estimate of drug-likeness (QED) is 0.807. The number of rotatable bonds is 5. The fourth-order valence-electron chi connectivity index (χ4n) is 1.90. The topological polar surface area (TPSA) is 97.0 Å². The standard InChI is InChI=1S/C11H15FN3O4P/c1-7(19-6-20(16,17)18)5-9-3-4-10-8(2)13-11(12)14-15(9)10/h3-4,7H,5-6H2,1-2H3,(H2,16,17,18). The third-order valence-corrected chi connectivity index (χ3v) is 3.26. The Morgan fingerprint density at radius 2 is 2.20 bits per heavy atom. The number of fused-ring (bicyclic) bond motifs is 1. The third-order valence-electron chi connectivity index (χ3n) is 2.77. The minimum absolute atomic E-state index is 0.351. The summed E-state index contributed by atoms with van der Waals surface area (Å²) in [5.74, 6) is 0. The minimum Gasteiger partial charge on any atom is -0.365 e. The summed E-state index contributed by atoms with van der Waals surface area (Å²) in [6.07, 6.45) is -1.54. The Bertz CT molecular complexity index is 669. The van der Waals surface area contributed by atoms with Crippen LogP contribution in [0.15, 0.2) is 12.1 Å². The van der Waals surface area contributed by atoms with E-state index in [2.05, 4.69) is 10.1 Å². The van der Waals surface area contributed by atoms with E-state index in [0.29, 0.717) is 23.3 Å². The third kappa shape index (κ3) is 3.61. The van der Waals surface area contributed by atoms with Gasteiger partial charge in [0.05, 0.1) is 17.3 Å². The van der Waals surface area contributed by atoms with E-state index in [1.807, 2.05) is 0 Å². The van der Waals surface area contributed by atoms with Gasteiger partial charge in [0.15, 0.2) is 0 Å². The monoisotopic (exact) mass is 303 g/mol. The van der Waals surface area contributed by atoms with E-state index in [0.717, 1.165) is 0 Å². The number of aromatic nitrogens is 3. The van der Waals surface area contributed by atoms with E-state index in [1.165, 1.54) is 4.52 Å². The summed E-state index contributed by atoms with van der Waals surface area (Å²) in [6, 6.07) is 3.52. The van der Waals surface area contributed by atoms with Gasteiger partial charge in [0.2, 0.25) is 0 Å².